The molecule has 1 aliphatic carbocycles. The highest BCUT2D eigenvalue weighted by Gasteiger charge is 2.44. The van der Waals surface area contributed by atoms with Gasteiger partial charge in [0, 0.05) is 18.2 Å². The summed E-state index contributed by atoms with van der Waals surface area (Å²) in [6.07, 6.45) is 3.74. The van der Waals surface area contributed by atoms with E-state index < -0.39 is 0 Å². The van der Waals surface area contributed by atoms with Crippen LogP contribution in [0.3, 0.4) is 0 Å². The Hall–Kier alpha value is -1.87. The number of nitrogens with zero attached hydrogens (tertiary/aromatic N) is 1. The maximum atomic E-state index is 12.1. The second-order valence-electron chi connectivity index (χ2n) is 5.20. The van der Waals surface area contributed by atoms with Crippen molar-refractivity contribution in [2.45, 2.75) is 18.3 Å². The fourth-order valence-corrected chi connectivity index (χ4v) is 2.48. The molecule has 1 N–H and O–H groups in total. The number of amides is 1. The summed E-state index contributed by atoms with van der Waals surface area (Å²) >= 11 is 5.71. The largest absolute Gasteiger partial charge is 0.351 e. The molecule has 102 valence electrons. The topological polar surface area (TPSA) is 42.0 Å². The van der Waals surface area contributed by atoms with E-state index in [2.05, 4.69) is 22.4 Å². The average Bonchev–Trinajstić information content (AvgIpc) is 3.28. The highest BCUT2D eigenvalue weighted by atomic mass is 35.5. The monoisotopic (exact) mass is 286 g/mol. The Kier molecular flexibility index (Phi) is 3.45. The molecule has 1 heterocycles. The summed E-state index contributed by atoms with van der Waals surface area (Å²) in [4.78, 5) is 16.0. The van der Waals surface area contributed by atoms with Gasteiger partial charge in [0.1, 0.15) is 5.15 Å². The molecule has 0 radical (unpaired) electrons. The zero-order valence-corrected chi connectivity index (χ0v) is 11.7. The molecule has 20 heavy (non-hydrogen) atoms. The van der Waals surface area contributed by atoms with Crippen LogP contribution < -0.4 is 5.32 Å². The van der Waals surface area contributed by atoms with Crippen LogP contribution in [-0.2, 0) is 5.41 Å². The lowest BCUT2D eigenvalue weighted by Crippen LogP contribution is -2.32. The normalized spacial score (nSPS) is 15.7. The zero-order chi connectivity index (χ0) is 14.0. The Labute approximate surface area is 123 Å². The van der Waals surface area contributed by atoms with Crippen LogP contribution in [0.1, 0.15) is 28.8 Å². The van der Waals surface area contributed by atoms with Crippen LogP contribution in [0.25, 0.3) is 0 Å². The van der Waals surface area contributed by atoms with Crippen molar-refractivity contribution in [3.63, 3.8) is 0 Å². The van der Waals surface area contributed by atoms with E-state index in [-0.39, 0.29) is 11.3 Å². The smallest absolute Gasteiger partial charge is 0.252 e. The fourth-order valence-electron chi connectivity index (χ4n) is 2.37. The van der Waals surface area contributed by atoms with Gasteiger partial charge in [0.05, 0.1) is 5.56 Å². The molecule has 0 unspecified atom stereocenters. The van der Waals surface area contributed by atoms with Gasteiger partial charge in [-0.2, -0.15) is 0 Å². The Morgan fingerprint density at radius 2 is 1.95 bits per heavy atom. The Morgan fingerprint density at radius 1 is 1.20 bits per heavy atom. The van der Waals surface area contributed by atoms with E-state index >= 15 is 0 Å². The van der Waals surface area contributed by atoms with Gasteiger partial charge in [-0.05, 0) is 30.5 Å². The number of pyridine rings is 1. The SMILES string of the molecule is O=C(NCC1(c2ccccc2)CC1)c1ccc(Cl)nc1. The zero-order valence-electron chi connectivity index (χ0n) is 11.0. The van der Waals surface area contributed by atoms with Crippen molar-refractivity contribution in [2.75, 3.05) is 6.54 Å². The number of halogens is 1. The minimum absolute atomic E-state index is 0.101. The van der Waals surface area contributed by atoms with Gasteiger partial charge in [0.2, 0.25) is 0 Å². The molecule has 0 atom stereocenters. The van der Waals surface area contributed by atoms with Gasteiger partial charge < -0.3 is 5.32 Å². The van der Waals surface area contributed by atoms with Crippen LogP contribution in [0.5, 0.6) is 0 Å². The summed E-state index contributed by atoms with van der Waals surface area (Å²) in [5.74, 6) is -0.101. The average molecular weight is 287 g/mol. The molecule has 3 rings (SSSR count). The molecule has 1 amide bonds. The molecule has 0 bridgehead atoms. The Bertz CT molecular complexity index is 606. The van der Waals surface area contributed by atoms with E-state index in [0.29, 0.717) is 17.3 Å². The first kappa shape index (κ1) is 13.1. The molecule has 1 fully saturated rings. The molecule has 2 aromatic rings. The predicted molar refractivity (Wildman–Crippen MR) is 78.9 cm³/mol. The summed E-state index contributed by atoms with van der Waals surface area (Å²) in [5, 5.41) is 3.39. The van der Waals surface area contributed by atoms with Gasteiger partial charge in [-0.15, -0.1) is 0 Å². The number of rotatable bonds is 4. The second-order valence-corrected chi connectivity index (χ2v) is 5.59. The Morgan fingerprint density at radius 3 is 2.55 bits per heavy atom. The number of benzene rings is 1. The van der Waals surface area contributed by atoms with Crippen LogP contribution in [0.4, 0.5) is 0 Å². The molecule has 1 saturated carbocycles. The molecule has 0 saturated heterocycles. The van der Waals surface area contributed by atoms with E-state index in [4.69, 9.17) is 11.6 Å². The minimum Gasteiger partial charge on any atom is -0.351 e. The summed E-state index contributed by atoms with van der Waals surface area (Å²) < 4.78 is 0. The van der Waals surface area contributed by atoms with Gasteiger partial charge in [0.25, 0.3) is 5.91 Å². The second kappa shape index (κ2) is 5.25. The third-order valence-electron chi connectivity index (χ3n) is 3.82. The summed E-state index contributed by atoms with van der Waals surface area (Å²) in [7, 11) is 0. The van der Waals surface area contributed by atoms with E-state index in [9.17, 15) is 4.79 Å². The van der Waals surface area contributed by atoms with Gasteiger partial charge in [0.15, 0.2) is 0 Å². The molecular formula is C16H15ClN2O. The summed E-state index contributed by atoms with van der Waals surface area (Å²) in [5.41, 5.74) is 1.96. The van der Waals surface area contributed by atoms with Gasteiger partial charge >= 0.3 is 0 Å². The van der Waals surface area contributed by atoms with Crippen LogP contribution >= 0.6 is 11.6 Å². The molecule has 3 nitrogen and oxygen atoms in total. The number of aromatic nitrogens is 1. The maximum absolute atomic E-state index is 12.1. The quantitative estimate of drug-likeness (QED) is 0.877. The van der Waals surface area contributed by atoms with Crippen molar-refractivity contribution in [2.24, 2.45) is 0 Å². The third-order valence-corrected chi connectivity index (χ3v) is 4.04. The summed E-state index contributed by atoms with van der Waals surface area (Å²) in [6, 6.07) is 13.7. The molecule has 0 spiro atoms. The molecule has 0 aliphatic heterocycles. The number of nitrogens with one attached hydrogen (secondary N) is 1. The third kappa shape index (κ3) is 2.68. The Balaban J connectivity index is 1.65. The van der Waals surface area contributed by atoms with Crippen molar-refractivity contribution < 1.29 is 4.79 Å². The van der Waals surface area contributed by atoms with Crippen LogP contribution in [0, 0.1) is 0 Å². The predicted octanol–water partition coefficient (Wildman–Crippen LogP) is 3.20. The van der Waals surface area contributed by atoms with E-state index in [1.54, 1.807) is 12.1 Å². The van der Waals surface area contributed by atoms with E-state index in [1.807, 2.05) is 18.2 Å². The standard InChI is InChI=1S/C16H15ClN2O/c17-14-7-6-12(10-18-14)15(20)19-11-16(8-9-16)13-4-2-1-3-5-13/h1-7,10H,8-9,11H2,(H,19,20). The first-order valence-corrected chi connectivity index (χ1v) is 7.03. The number of hydrogen-bond donors (Lipinski definition) is 1. The van der Waals surface area contributed by atoms with Gasteiger partial charge in [-0.1, -0.05) is 41.9 Å². The van der Waals surface area contributed by atoms with E-state index in [0.717, 1.165) is 12.8 Å². The van der Waals surface area contributed by atoms with Crippen molar-refractivity contribution in [1.29, 1.82) is 0 Å². The van der Waals surface area contributed by atoms with Gasteiger partial charge in [-0.25, -0.2) is 4.98 Å². The van der Waals surface area contributed by atoms with Crippen LogP contribution in [0.15, 0.2) is 48.7 Å². The molecule has 1 aromatic heterocycles. The van der Waals surface area contributed by atoms with Crippen molar-refractivity contribution in [1.82, 2.24) is 10.3 Å². The minimum atomic E-state index is -0.101. The fraction of sp³-hybridized carbons (Fsp3) is 0.250. The van der Waals surface area contributed by atoms with Crippen molar-refractivity contribution in [3.8, 4) is 0 Å². The first-order chi connectivity index (χ1) is 9.70. The number of carbonyl (C=O) groups is 1. The number of hydrogen-bond acceptors (Lipinski definition) is 2. The molecule has 1 aromatic carbocycles. The lowest BCUT2D eigenvalue weighted by atomic mass is 9.96. The highest BCUT2D eigenvalue weighted by molar-refractivity contribution is 6.29. The maximum Gasteiger partial charge on any atom is 0.252 e. The lowest BCUT2D eigenvalue weighted by Gasteiger charge is -2.16. The number of carbonyl (C=O) groups excluding carboxylic acids is 1. The van der Waals surface area contributed by atoms with Gasteiger partial charge in [-0.3, -0.25) is 4.79 Å². The van der Waals surface area contributed by atoms with Crippen molar-refractivity contribution in [3.05, 3.63) is 64.9 Å². The first-order valence-electron chi connectivity index (χ1n) is 6.65. The molecular weight excluding hydrogens is 272 g/mol. The molecule has 1 aliphatic rings. The lowest BCUT2D eigenvalue weighted by molar-refractivity contribution is 0.0949. The summed E-state index contributed by atoms with van der Waals surface area (Å²) in [6.45, 7) is 0.665. The van der Waals surface area contributed by atoms with Crippen molar-refractivity contribution >= 4 is 17.5 Å². The molecule has 4 heteroatoms. The highest BCUT2D eigenvalue weighted by Crippen LogP contribution is 2.47. The van der Waals surface area contributed by atoms with Crippen LogP contribution in [0.2, 0.25) is 5.15 Å². The van der Waals surface area contributed by atoms with Crippen LogP contribution in [-0.4, -0.2) is 17.4 Å². The van der Waals surface area contributed by atoms with E-state index in [1.165, 1.54) is 11.8 Å².